The molecule has 1 saturated heterocycles. The van der Waals surface area contributed by atoms with Crippen molar-refractivity contribution >= 4 is 0 Å². The van der Waals surface area contributed by atoms with Crippen LogP contribution in [0.3, 0.4) is 0 Å². The van der Waals surface area contributed by atoms with Crippen molar-refractivity contribution in [3.05, 3.63) is 35.6 Å². The number of piperidine rings is 1. The lowest BCUT2D eigenvalue weighted by Crippen LogP contribution is -2.42. The highest BCUT2D eigenvalue weighted by molar-refractivity contribution is 5.16. The topological polar surface area (TPSA) is 52.9 Å². The Morgan fingerprint density at radius 2 is 1.95 bits per heavy atom. The van der Waals surface area contributed by atoms with Gasteiger partial charge >= 0.3 is 0 Å². The van der Waals surface area contributed by atoms with Crippen molar-refractivity contribution in [2.45, 2.75) is 38.6 Å². The number of halogens is 1. The van der Waals surface area contributed by atoms with E-state index >= 15 is 0 Å². The summed E-state index contributed by atoms with van der Waals surface area (Å²) in [6, 6.07) is 6.50. The SMILES string of the molecule is CC(O)C1CCN(CC(O)COCc2ccccc2F)CC1. The number of aliphatic hydroxyl groups excluding tert-OH is 2. The number of nitrogens with zero attached hydrogens (tertiary/aromatic N) is 1. The molecule has 0 amide bonds. The van der Waals surface area contributed by atoms with Gasteiger partial charge in [-0.15, -0.1) is 0 Å². The van der Waals surface area contributed by atoms with Crippen LogP contribution in [0.15, 0.2) is 24.3 Å². The largest absolute Gasteiger partial charge is 0.393 e. The Hall–Kier alpha value is -1.01. The van der Waals surface area contributed by atoms with Crippen LogP contribution in [0.1, 0.15) is 25.3 Å². The van der Waals surface area contributed by atoms with E-state index in [1.807, 2.05) is 6.92 Å². The van der Waals surface area contributed by atoms with E-state index in [0.717, 1.165) is 25.9 Å². The molecule has 2 unspecified atom stereocenters. The summed E-state index contributed by atoms with van der Waals surface area (Å²) in [6.07, 6.45) is 1.09. The Kier molecular flexibility index (Phi) is 6.76. The number of rotatable bonds is 7. The first-order valence-electron chi connectivity index (χ1n) is 7.96. The van der Waals surface area contributed by atoms with Gasteiger partial charge in [0.05, 0.1) is 25.4 Å². The van der Waals surface area contributed by atoms with Crippen LogP contribution >= 0.6 is 0 Å². The maximum Gasteiger partial charge on any atom is 0.128 e. The van der Waals surface area contributed by atoms with Crippen LogP contribution in [0.25, 0.3) is 0 Å². The van der Waals surface area contributed by atoms with E-state index in [9.17, 15) is 14.6 Å². The molecule has 0 saturated carbocycles. The molecule has 1 aliphatic heterocycles. The van der Waals surface area contributed by atoms with Gasteiger partial charge in [-0.1, -0.05) is 18.2 Å². The molecular formula is C17H26FNO3. The molecule has 2 N–H and O–H groups in total. The Morgan fingerprint density at radius 3 is 2.59 bits per heavy atom. The highest BCUT2D eigenvalue weighted by Crippen LogP contribution is 2.20. The molecule has 1 aromatic carbocycles. The van der Waals surface area contributed by atoms with Crippen LogP contribution < -0.4 is 0 Å². The molecule has 22 heavy (non-hydrogen) atoms. The van der Waals surface area contributed by atoms with Crippen LogP contribution in [0.5, 0.6) is 0 Å². The van der Waals surface area contributed by atoms with Crippen molar-refractivity contribution < 1.29 is 19.3 Å². The average molecular weight is 311 g/mol. The summed E-state index contributed by atoms with van der Waals surface area (Å²) < 4.78 is 18.8. The molecule has 2 rings (SSSR count). The number of β-amino-alcohol motifs (C(OH)–C–C–N with tert-alkyl or cyclic N) is 1. The van der Waals surface area contributed by atoms with Crippen LogP contribution in [0.4, 0.5) is 4.39 Å². The molecule has 0 radical (unpaired) electrons. The number of aliphatic hydroxyl groups is 2. The predicted molar refractivity (Wildman–Crippen MR) is 82.9 cm³/mol. The van der Waals surface area contributed by atoms with Crippen LogP contribution in [0, 0.1) is 11.7 Å². The van der Waals surface area contributed by atoms with Gasteiger partial charge in [0.25, 0.3) is 0 Å². The molecule has 1 heterocycles. The highest BCUT2D eigenvalue weighted by atomic mass is 19.1. The molecule has 1 aliphatic rings. The van der Waals surface area contributed by atoms with Crippen LogP contribution in [-0.2, 0) is 11.3 Å². The average Bonchev–Trinajstić information content (AvgIpc) is 2.50. The zero-order chi connectivity index (χ0) is 15.9. The van der Waals surface area contributed by atoms with Gasteiger partial charge in [-0.2, -0.15) is 0 Å². The van der Waals surface area contributed by atoms with Crippen molar-refractivity contribution in [2.75, 3.05) is 26.2 Å². The Bertz CT molecular complexity index is 447. The van der Waals surface area contributed by atoms with E-state index in [4.69, 9.17) is 4.74 Å². The Balaban J connectivity index is 1.64. The van der Waals surface area contributed by atoms with Gasteiger partial charge in [0.15, 0.2) is 0 Å². The quantitative estimate of drug-likeness (QED) is 0.806. The summed E-state index contributed by atoms with van der Waals surface area (Å²) in [5.41, 5.74) is 0.507. The molecule has 0 aromatic heterocycles. The van der Waals surface area contributed by atoms with Gasteiger partial charge in [0.2, 0.25) is 0 Å². The number of hydrogen-bond acceptors (Lipinski definition) is 4. The van der Waals surface area contributed by atoms with Crippen LogP contribution in [0.2, 0.25) is 0 Å². The van der Waals surface area contributed by atoms with Crippen molar-refractivity contribution in [1.82, 2.24) is 4.90 Å². The fourth-order valence-electron chi connectivity index (χ4n) is 2.89. The number of benzene rings is 1. The minimum Gasteiger partial charge on any atom is -0.393 e. The Labute approximate surface area is 131 Å². The lowest BCUT2D eigenvalue weighted by atomic mass is 9.92. The van der Waals surface area contributed by atoms with Gasteiger partial charge in [-0.3, -0.25) is 0 Å². The van der Waals surface area contributed by atoms with E-state index in [0.29, 0.717) is 18.0 Å². The minimum atomic E-state index is -0.574. The maximum absolute atomic E-state index is 13.4. The third-order valence-electron chi connectivity index (χ3n) is 4.31. The zero-order valence-corrected chi connectivity index (χ0v) is 13.1. The molecule has 4 nitrogen and oxygen atoms in total. The van der Waals surface area contributed by atoms with Crippen LogP contribution in [-0.4, -0.2) is 53.6 Å². The van der Waals surface area contributed by atoms with Crippen molar-refractivity contribution in [2.24, 2.45) is 5.92 Å². The lowest BCUT2D eigenvalue weighted by Gasteiger charge is -2.34. The first kappa shape index (κ1) is 17.3. The highest BCUT2D eigenvalue weighted by Gasteiger charge is 2.23. The van der Waals surface area contributed by atoms with E-state index < -0.39 is 6.10 Å². The second-order valence-electron chi connectivity index (χ2n) is 6.14. The smallest absolute Gasteiger partial charge is 0.128 e. The second-order valence-corrected chi connectivity index (χ2v) is 6.14. The fourth-order valence-corrected chi connectivity index (χ4v) is 2.89. The molecule has 5 heteroatoms. The molecule has 0 aliphatic carbocycles. The maximum atomic E-state index is 13.4. The normalized spacial score (nSPS) is 20.0. The summed E-state index contributed by atoms with van der Waals surface area (Å²) in [7, 11) is 0. The second kappa shape index (κ2) is 8.58. The summed E-state index contributed by atoms with van der Waals surface area (Å²) in [5, 5.41) is 19.6. The van der Waals surface area contributed by atoms with Crippen molar-refractivity contribution in [1.29, 1.82) is 0 Å². The van der Waals surface area contributed by atoms with Gasteiger partial charge in [0, 0.05) is 12.1 Å². The van der Waals surface area contributed by atoms with E-state index in [-0.39, 0.29) is 25.1 Å². The van der Waals surface area contributed by atoms with Crippen molar-refractivity contribution in [3.63, 3.8) is 0 Å². The molecule has 0 bridgehead atoms. The summed E-state index contributed by atoms with van der Waals surface area (Å²) in [6.45, 7) is 4.55. The molecular weight excluding hydrogens is 285 g/mol. The third kappa shape index (κ3) is 5.32. The Morgan fingerprint density at radius 1 is 1.27 bits per heavy atom. The van der Waals surface area contributed by atoms with E-state index in [2.05, 4.69) is 4.90 Å². The van der Waals surface area contributed by atoms with Crippen molar-refractivity contribution in [3.8, 4) is 0 Å². The monoisotopic (exact) mass is 311 g/mol. The van der Waals surface area contributed by atoms with E-state index in [1.54, 1.807) is 18.2 Å². The summed E-state index contributed by atoms with van der Waals surface area (Å²) in [5.74, 6) is 0.0860. The lowest BCUT2D eigenvalue weighted by molar-refractivity contribution is -0.00226. The summed E-state index contributed by atoms with van der Waals surface area (Å²) in [4.78, 5) is 2.19. The molecule has 124 valence electrons. The molecule has 1 aromatic rings. The first-order chi connectivity index (χ1) is 10.6. The zero-order valence-electron chi connectivity index (χ0n) is 13.1. The van der Waals surface area contributed by atoms with Gasteiger partial charge in [0.1, 0.15) is 5.82 Å². The molecule has 2 atom stereocenters. The standard InChI is InChI=1S/C17H26FNO3/c1-13(20)14-6-8-19(9-7-14)10-16(21)12-22-11-15-4-2-3-5-17(15)18/h2-5,13-14,16,20-21H,6-12H2,1H3. The molecule has 0 spiro atoms. The van der Waals surface area contributed by atoms with Gasteiger partial charge in [-0.05, 0) is 44.8 Å². The first-order valence-corrected chi connectivity index (χ1v) is 7.96. The number of hydrogen-bond donors (Lipinski definition) is 2. The molecule has 1 fully saturated rings. The number of likely N-dealkylation sites (tertiary alicyclic amines) is 1. The fraction of sp³-hybridized carbons (Fsp3) is 0.647. The minimum absolute atomic E-state index is 0.174. The van der Waals surface area contributed by atoms with Gasteiger partial charge in [-0.25, -0.2) is 4.39 Å². The number of ether oxygens (including phenoxy) is 1. The van der Waals surface area contributed by atoms with Gasteiger partial charge < -0.3 is 19.8 Å². The summed E-state index contributed by atoms with van der Waals surface area (Å²) >= 11 is 0. The van der Waals surface area contributed by atoms with E-state index in [1.165, 1.54) is 6.07 Å². The third-order valence-corrected chi connectivity index (χ3v) is 4.31. The predicted octanol–water partition coefficient (Wildman–Crippen LogP) is 1.80.